The molecule has 2 nitrogen and oxygen atoms in total. The van der Waals surface area contributed by atoms with Crippen LogP contribution in [0.4, 0.5) is 0 Å². The fraction of sp³-hybridized carbons (Fsp3) is 0.222. The Labute approximate surface area is 87.1 Å². The van der Waals surface area contributed by atoms with E-state index in [1.54, 1.807) is 25.2 Å². The topological polar surface area (TPSA) is 35.8 Å². The molecular formula is C9H8Cl2N2. The lowest BCUT2D eigenvalue weighted by Crippen LogP contribution is -2.14. The van der Waals surface area contributed by atoms with Gasteiger partial charge in [-0.1, -0.05) is 35.3 Å². The Morgan fingerprint density at radius 2 is 2.15 bits per heavy atom. The van der Waals surface area contributed by atoms with Crippen molar-refractivity contribution in [2.24, 2.45) is 0 Å². The Hall–Kier alpha value is -0.750. The minimum Gasteiger partial charge on any atom is -0.301 e. The summed E-state index contributed by atoms with van der Waals surface area (Å²) in [7, 11) is 1.70. The van der Waals surface area contributed by atoms with Gasteiger partial charge in [-0.3, -0.25) is 0 Å². The summed E-state index contributed by atoms with van der Waals surface area (Å²) in [5, 5.41) is 12.5. The van der Waals surface area contributed by atoms with Crippen molar-refractivity contribution in [3.63, 3.8) is 0 Å². The highest BCUT2D eigenvalue weighted by Crippen LogP contribution is 2.29. The van der Waals surface area contributed by atoms with Gasteiger partial charge >= 0.3 is 0 Å². The van der Waals surface area contributed by atoms with Crippen LogP contribution in [0.25, 0.3) is 0 Å². The van der Waals surface area contributed by atoms with Gasteiger partial charge in [0.1, 0.15) is 6.04 Å². The van der Waals surface area contributed by atoms with E-state index >= 15 is 0 Å². The minimum absolute atomic E-state index is 0.411. The normalized spacial score (nSPS) is 12.2. The van der Waals surface area contributed by atoms with E-state index in [1.165, 1.54) is 0 Å². The molecule has 0 amide bonds. The largest absolute Gasteiger partial charge is 0.301 e. The second-order valence-electron chi connectivity index (χ2n) is 2.49. The molecule has 0 bridgehead atoms. The fourth-order valence-electron chi connectivity index (χ4n) is 1.03. The highest BCUT2D eigenvalue weighted by Gasteiger charge is 2.12. The summed E-state index contributed by atoms with van der Waals surface area (Å²) in [5.74, 6) is 0. The first-order valence-electron chi connectivity index (χ1n) is 3.71. The summed E-state index contributed by atoms with van der Waals surface area (Å²) in [6, 6.07) is 6.91. The van der Waals surface area contributed by atoms with Gasteiger partial charge in [-0.2, -0.15) is 5.26 Å². The van der Waals surface area contributed by atoms with E-state index in [4.69, 9.17) is 28.5 Å². The summed E-state index contributed by atoms with van der Waals surface area (Å²) in [4.78, 5) is 0. The van der Waals surface area contributed by atoms with Crippen molar-refractivity contribution in [2.75, 3.05) is 7.05 Å². The Morgan fingerprint density at radius 3 is 2.69 bits per heavy atom. The van der Waals surface area contributed by atoms with Crippen molar-refractivity contribution >= 4 is 23.2 Å². The first kappa shape index (κ1) is 10.3. The molecule has 13 heavy (non-hydrogen) atoms. The second-order valence-corrected chi connectivity index (χ2v) is 3.28. The lowest BCUT2D eigenvalue weighted by Gasteiger charge is -2.10. The SMILES string of the molecule is CNC(C#N)c1cccc(Cl)c1Cl. The van der Waals surface area contributed by atoms with Crippen LogP contribution >= 0.6 is 23.2 Å². The van der Waals surface area contributed by atoms with Crippen LogP contribution in [0.15, 0.2) is 18.2 Å². The Balaban J connectivity index is 3.15. The average Bonchev–Trinajstić information content (AvgIpc) is 2.14. The Morgan fingerprint density at radius 1 is 1.46 bits per heavy atom. The molecule has 4 heteroatoms. The molecule has 0 aromatic heterocycles. The van der Waals surface area contributed by atoms with Gasteiger partial charge in [0.15, 0.2) is 0 Å². The Bertz CT molecular complexity index is 344. The highest BCUT2D eigenvalue weighted by molar-refractivity contribution is 6.42. The van der Waals surface area contributed by atoms with Crippen LogP contribution in [-0.4, -0.2) is 7.05 Å². The lowest BCUT2D eigenvalue weighted by molar-refractivity contribution is 0.727. The highest BCUT2D eigenvalue weighted by atomic mass is 35.5. The average molecular weight is 215 g/mol. The number of nitrogens with one attached hydrogen (secondary N) is 1. The van der Waals surface area contributed by atoms with Gasteiger partial charge in [0.25, 0.3) is 0 Å². The molecule has 0 aliphatic carbocycles. The minimum atomic E-state index is -0.411. The number of hydrogen-bond donors (Lipinski definition) is 1. The maximum absolute atomic E-state index is 8.78. The molecule has 0 aliphatic heterocycles. The van der Waals surface area contributed by atoms with E-state index < -0.39 is 6.04 Å². The number of benzene rings is 1. The predicted molar refractivity (Wildman–Crippen MR) is 53.9 cm³/mol. The van der Waals surface area contributed by atoms with Gasteiger partial charge in [0, 0.05) is 5.56 Å². The van der Waals surface area contributed by atoms with E-state index in [9.17, 15) is 0 Å². The van der Waals surface area contributed by atoms with Crippen LogP contribution < -0.4 is 5.32 Å². The van der Waals surface area contributed by atoms with Crippen LogP contribution in [0.5, 0.6) is 0 Å². The standard InChI is InChI=1S/C9H8Cl2N2/c1-13-8(5-12)6-3-2-4-7(10)9(6)11/h2-4,8,13H,1H3. The molecule has 1 rings (SSSR count). The molecule has 1 atom stereocenters. The van der Waals surface area contributed by atoms with Crippen molar-refractivity contribution in [2.45, 2.75) is 6.04 Å². The first-order chi connectivity index (χ1) is 6.20. The van der Waals surface area contributed by atoms with Gasteiger partial charge in [0.05, 0.1) is 16.1 Å². The zero-order valence-corrected chi connectivity index (χ0v) is 8.52. The van der Waals surface area contributed by atoms with Gasteiger partial charge in [0.2, 0.25) is 0 Å². The van der Waals surface area contributed by atoms with E-state index in [0.717, 1.165) is 0 Å². The monoisotopic (exact) mass is 214 g/mol. The fourth-order valence-corrected chi connectivity index (χ4v) is 1.45. The molecule has 1 unspecified atom stereocenters. The lowest BCUT2D eigenvalue weighted by atomic mass is 10.1. The third kappa shape index (κ3) is 2.13. The second kappa shape index (κ2) is 4.48. The van der Waals surface area contributed by atoms with Crippen LogP contribution in [0.2, 0.25) is 10.0 Å². The summed E-state index contributed by atoms with van der Waals surface area (Å²) in [6.07, 6.45) is 0. The van der Waals surface area contributed by atoms with Gasteiger partial charge in [-0.15, -0.1) is 0 Å². The van der Waals surface area contributed by atoms with Crippen molar-refractivity contribution in [1.29, 1.82) is 5.26 Å². The number of nitrogens with zero attached hydrogens (tertiary/aromatic N) is 1. The molecule has 68 valence electrons. The van der Waals surface area contributed by atoms with Crippen molar-refractivity contribution in [3.05, 3.63) is 33.8 Å². The van der Waals surface area contributed by atoms with E-state index in [2.05, 4.69) is 11.4 Å². The molecule has 0 saturated heterocycles. The Kier molecular flexibility index (Phi) is 3.56. The molecule has 1 aromatic carbocycles. The van der Waals surface area contributed by atoms with E-state index in [-0.39, 0.29) is 0 Å². The number of hydrogen-bond acceptors (Lipinski definition) is 2. The third-order valence-corrected chi connectivity index (χ3v) is 2.54. The van der Waals surface area contributed by atoms with Crippen molar-refractivity contribution in [3.8, 4) is 6.07 Å². The van der Waals surface area contributed by atoms with Crippen LogP contribution in [0, 0.1) is 11.3 Å². The quantitative estimate of drug-likeness (QED) is 0.823. The molecule has 0 heterocycles. The molecule has 0 aliphatic rings. The number of nitriles is 1. The third-order valence-electron chi connectivity index (χ3n) is 1.71. The van der Waals surface area contributed by atoms with Gasteiger partial charge < -0.3 is 5.32 Å². The summed E-state index contributed by atoms with van der Waals surface area (Å²) < 4.78 is 0. The molecule has 0 spiro atoms. The van der Waals surface area contributed by atoms with E-state index in [0.29, 0.717) is 15.6 Å². The zero-order valence-electron chi connectivity index (χ0n) is 7.01. The van der Waals surface area contributed by atoms with Crippen molar-refractivity contribution < 1.29 is 0 Å². The summed E-state index contributed by atoms with van der Waals surface area (Å²) >= 11 is 11.7. The molecule has 1 aromatic rings. The molecular weight excluding hydrogens is 207 g/mol. The molecule has 1 N–H and O–H groups in total. The number of halogens is 2. The van der Waals surface area contributed by atoms with E-state index in [1.807, 2.05) is 0 Å². The molecule has 0 fully saturated rings. The summed E-state index contributed by atoms with van der Waals surface area (Å²) in [5.41, 5.74) is 0.708. The predicted octanol–water partition coefficient (Wildman–Crippen LogP) is 2.78. The number of rotatable bonds is 2. The van der Waals surface area contributed by atoms with Crippen molar-refractivity contribution in [1.82, 2.24) is 5.32 Å². The molecule has 0 radical (unpaired) electrons. The van der Waals surface area contributed by atoms with Crippen LogP contribution in [-0.2, 0) is 0 Å². The molecule has 0 saturated carbocycles. The smallest absolute Gasteiger partial charge is 0.122 e. The maximum atomic E-state index is 8.78. The first-order valence-corrected chi connectivity index (χ1v) is 4.47. The van der Waals surface area contributed by atoms with Gasteiger partial charge in [-0.05, 0) is 13.1 Å². The van der Waals surface area contributed by atoms with Crippen LogP contribution in [0.1, 0.15) is 11.6 Å². The van der Waals surface area contributed by atoms with Crippen LogP contribution in [0.3, 0.4) is 0 Å². The zero-order chi connectivity index (χ0) is 9.84. The maximum Gasteiger partial charge on any atom is 0.122 e. The summed E-state index contributed by atoms with van der Waals surface area (Å²) in [6.45, 7) is 0. The van der Waals surface area contributed by atoms with Gasteiger partial charge in [-0.25, -0.2) is 0 Å².